The molecule has 1 aromatic heterocycles. The van der Waals surface area contributed by atoms with Gasteiger partial charge in [0.1, 0.15) is 0 Å². The van der Waals surface area contributed by atoms with Gasteiger partial charge in [-0.1, -0.05) is 6.42 Å². The van der Waals surface area contributed by atoms with E-state index in [1.165, 1.54) is 31.4 Å². The van der Waals surface area contributed by atoms with Gasteiger partial charge in [0.05, 0.1) is 16.0 Å². The van der Waals surface area contributed by atoms with Gasteiger partial charge >= 0.3 is 0 Å². The van der Waals surface area contributed by atoms with Gasteiger partial charge in [0.25, 0.3) is 5.69 Å². The Morgan fingerprint density at radius 3 is 2.95 bits per heavy atom. The Bertz CT molecular complexity index is 618. The number of anilines is 1. The summed E-state index contributed by atoms with van der Waals surface area (Å²) in [5.74, 6) is 1.40. The number of fused-ring (bicyclic) bond motifs is 1. The average molecular weight is 260 g/mol. The summed E-state index contributed by atoms with van der Waals surface area (Å²) in [7, 11) is 0. The van der Waals surface area contributed by atoms with E-state index in [-0.39, 0.29) is 5.69 Å². The molecule has 1 saturated carbocycles. The lowest BCUT2D eigenvalue weighted by Crippen LogP contribution is -2.31. The van der Waals surface area contributed by atoms with Gasteiger partial charge in [0.2, 0.25) is 5.95 Å². The zero-order valence-electron chi connectivity index (χ0n) is 10.7. The van der Waals surface area contributed by atoms with Gasteiger partial charge in [-0.2, -0.15) is 0 Å². The van der Waals surface area contributed by atoms with Crippen LogP contribution in [0.25, 0.3) is 11.0 Å². The van der Waals surface area contributed by atoms with Crippen molar-refractivity contribution in [3.63, 3.8) is 0 Å². The second-order valence-corrected chi connectivity index (χ2v) is 5.17. The number of hydrogen-bond acceptors (Lipinski definition) is 4. The Morgan fingerprint density at radius 1 is 1.53 bits per heavy atom. The first-order valence-corrected chi connectivity index (χ1v) is 6.54. The number of nitrogens with one attached hydrogen (secondary N) is 2. The summed E-state index contributed by atoms with van der Waals surface area (Å²) in [6.45, 7) is 2.15. The summed E-state index contributed by atoms with van der Waals surface area (Å²) in [5, 5.41) is 14.1. The summed E-state index contributed by atoms with van der Waals surface area (Å²) in [6.07, 6.45) is 3.84. The minimum atomic E-state index is -0.398. The van der Waals surface area contributed by atoms with Gasteiger partial charge in [-0.25, -0.2) is 4.98 Å². The third-order valence-corrected chi connectivity index (χ3v) is 3.90. The smallest absolute Gasteiger partial charge is 0.271 e. The number of aromatic amines is 1. The summed E-state index contributed by atoms with van der Waals surface area (Å²) in [6, 6.07) is 5.04. The van der Waals surface area contributed by atoms with Crippen molar-refractivity contribution >= 4 is 22.7 Å². The van der Waals surface area contributed by atoms with Crippen LogP contribution in [0.1, 0.15) is 26.2 Å². The molecule has 1 atom stereocenters. The van der Waals surface area contributed by atoms with Crippen molar-refractivity contribution in [2.75, 3.05) is 5.32 Å². The molecule has 1 unspecified atom stereocenters. The number of benzene rings is 1. The first-order valence-electron chi connectivity index (χ1n) is 6.54. The fourth-order valence-electron chi connectivity index (χ4n) is 2.45. The molecule has 3 rings (SSSR count). The predicted octanol–water partition coefficient (Wildman–Crippen LogP) is 3.07. The molecule has 0 aliphatic heterocycles. The monoisotopic (exact) mass is 260 g/mol. The third kappa shape index (κ3) is 2.25. The predicted molar refractivity (Wildman–Crippen MR) is 73.2 cm³/mol. The zero-order valence-corrected chi connectivity index (χ0v) is 10.7. The molecule has 0 saturated heterocycles. The van der Waals surface area contributed by atoms with Crippen molar-refractivity contribution in [1.29, 1.82) is 0 Å². The molecule has 1 aromatic carbocycles. The highest BCUT2D eigenvalue weighted by Crippen LogP contribution is 2.31. The van der Waals surface area contributed by atoms with Gasteiger partial charge in [-0.3, -0.25) is 10.1 Å². The first-order chi connectivity index (χ1) is 9.13. The second kappa shape index (κ2) is 4.53. The molecule has 6 nitrogen and oxygen atoms in total. The molecule has 1 aliphatic carbocycles. The number of H-pyrrole nitrogens is 1. The molecule has 0 bridgehead atoms. The highest BCUT2D eigenvalue weighted by Gasteiger charge is 2.24. The van der Waals surface area contributed by atoms with Crippen LogP contribution in [0, 0.1) is 16.0 Å². The van der Waals surface area contributed by atoms with E-state index in [2.05, 4.69) is 22.2 Å². The van der Waals surface area contributed by atoms with E-state index in [0.29, 0.717) is 23.4 Å². The molecule has 100 valence electrons. The third-order valence-electron chi connectivity index (χ3n) is 3.90. The van der Waals surface area contributed by atoms with E-state index in [4.69, 9.17) is 0 Å². The number of non-ortho nitro benzene ring substituents is 1. The van der Waals surface area contributed by atoms with Gasteiger partial charge < -0.3 is 10.3 Å². The van der Waals surface area contributed by atoms with Crippen molar-refractivity contribution in [2.24, 2.45) is 5.92 Å². The number of nitrogens with zero attached hydrogens (tertiary/aromatic N) is 2. The van der Waals surface area contributed by atoms with Crippen LogP contribution in [0.15, 0.2) is 18.2 Å². The normalized spacial score (nSPS) is 17.1. The lowest BCUT2D eigenvalue weighted by molar-refractivity contribution is -0.384. The standard InChI is InChI=1S/C13H16N4O2/c1-8(9-3-2-4-9)14-13-15-11-6-5-10(17(18)19)7-12(11)16-13/h5-9H,2-4H2,1H3,(H2,14,15,16). The molecule has 0 radical (unpaired) electrons. The van der Waals surface area contributed by atoms with Crippen LogP contribution in [0.5, 0.6) is 0 Å². The van der Waals surface area contributed by atoms with Crippen molar-refractivity contribution in [1.82, 2.24) is 9.97 Å². The Balaban J connectivity index is 1.82. The molecule has 6 heteroatoms. The summed E-state index contributed by atoms with van der Waals surface area (Å²) in [4.78, 5) is 17.8. The van der Waals surface area contributed by atoms with E-state index < -0.39 is 4.92 Å². The molecule has 1 heterocycles. The Hall–Kier alpha value is -2.11. The maximum atomic E-state index is 10.7. The number of hydrogen-bond donors (Lipinski definition) is 2. The summed E-state index contributed by atoms with van der Waals surface area (Å²) < 4.78 is 0. The maximum absolute atomic E-state index is 10.7. The van der Waals surface area contributed by atoms with Crippen LogP contribution in [-0.2, 0) is 0 Å². The Kier molecular flexibility index (Phi) is 2.85. The maximum Gasteiger partial charge on any atom is 0.271 e. The quantitative estimate of drug-likeness (QED) is 0.653. The number of imidazole rings is 1. The minimum absolute atomic E-state index is 0.0785. The van der Waals surface area contributed by atoms with Gasteiger partial charge in [0.15, 0.2) is 0 Å². The summed E-state index contributed by atoms with van der Waals surface area (Å²) >= 11 is 0. The van der Waals surface area contributed by atoms with Crippen molar-refractivity contribution in [3.05, 3.63) is 28.3 Å². The minimum Gasteiger partial charge on any atom is -0.353 e. The highest BCUT2D eigenvalue weighted by atomic mass is 16.6. The molecule has 2 aromatic rings. The number of rotatable bonds is 4. The lowest BCUT2D eigenvalue weighted by Gasteiger charge is -2.31. The molecule has 1 aliphatic rings. The van der Waals surface area contributed by atoms with Gasteiger partial charge in [0, 0.05) is 18.2 Å². The topological polar surface area (TPSA) is 83.8 Å². The van der Waals surface area contributed by atoms with Crippen LogP contribution in [0.4, 0.5) is 11.6 Å². The molecule has 1 fully saturated rings. The Morgan fingerprint density at radius 2 is 2.32 bits per heavy atom. The summed E-state index contributed by atoms with van der Waals surface area (Å²) in [5.41, 5.74) is 1.51. The zero-order chi connectivity index (χ0) is 13.4. The van der Waals surface area contributed by atoms with E-state index in [1.54, 1.807) is 6.07 Å². The van der Waals surface area contributed by atoms with E-state index >= 15 is 0 Å². The first kappa shape index (κ1) is 12.0. The van der Waals surface area contributed by atoms with E-state index in [0.717, 1.165) is 5.52 Å². The average Bonchev–Trinajstić information content (AvgIpc) is 2.66. The van der Waals surface area contributed by atoms with Crippen molar-refractivity contribution in [2.45, 2.75) is 32.2 Å². The van der Waals surface area contributed by atoms with Crippen LogP contribution in [0.3, 0.4) is 0 Å². The molecule has 0 spiro atoms. The second-order valence-electron chi connectivity index (χ2n) is 5.17. The fourth-order valence-corrected chi connectivity index (χ4v) is 2.45. The molecule has 19 heavy (non-hydrogen) atoms. The van der Waals surface area contributed by atoms with E-state index in [1.807, 2.05) is 0 Å². The van der Waals surface area contributed by atoms with Gasteiger partial charge in [-0.05, 0) is 31.7 Å². The number of nitro benzene ring substituents is 1. The highest BCUT2D eigenvalue weighted by molar-refractivity contribution is 5.79. The Labute approximate surface area is 110 Å². The number of aromatic nitrogens is 2. The van der Waals surface area contributed by atoms with Crippen LogP contribution in [0.2, 0.25) is 0 Å². The van der Waals surface area contributed by atoms with Gasteiger partial charge in [-0.15, -0.1) is 0 Å². The van der Waals surface area contributed by atoms with Crippen LogP contribution in [-0.4, -0.2) is 20.9 Å². The molecular formula is C13H16N4O2. The molecular weight excluding hydrogens is 244 g/mol. The molecule has 2 N–H and O–H groups in total. The number of nitro groups is 1. The largest absolute Gasteiger partial charge is 0.353 e. The van der Waals surface area contributed by atoms with Crippen LogP contribution >= 0.6 is 0 Å². The lowest BCUT2D eigenvalue weighted by atomic mass is 9.80. The van der Waals surface area contributed by atoms with Crippen LogP contribution < -0.4 is 5.32 Å². The fraction of sp³-hybridized carbons (Fsp3) is 0.462. The van der Waals surface area contributed by atoms with Crippen molar-refractivity contribution < 1.29 is 4.92 Å². The van der Waals surface area contributed by atoms with Crippen molar-refractivity contribution in [3.8, 4) is 0 Å². The van der Waals surface area contributed by atoms with E-state index in [9.17, 15) is 10.1 Å². The molecule has 0 amide bonds. The SMILES string of the molecule is CC(Nc1nc2ccc([N+](=O)[O-])cc2[nH]1)C1CCC1.